The smallest absolute Gasteiger partial charge is 0.190 e. The molecule has 114 valence electrons. The van der Waals surface area contributed by atoms with Gasteiger partial charge in [0.05, 0.1) is 10.7 Å². The standard InChI is InChI=1S/C14H27N5S/c1-11-12(2)20-13(18-11)7-9-17-14(15-3)16-8-6-10-19(4)5/h6-10H2,1-5H3,(H2,15,16,17). The van der Waals surface area contributed by atoms with Gasteiger partial charge in [-0.3, -0.25) is 4.99 Å². The summed E-state index contributed by atoms with van der Waals surface area (Å²) >= 11 is 1.78. The Hall–Kier alpha value is -1.14. The van der Waals surface area contributed by atoms with Crippen molar-refractivity contribution in [3.63, 3.8) is 0 Å². The van der Waals surface area contributed by atoms with E-state index in [-0.39, 0.29) is 0 Å². The molecule has 0 aromatic carbocycles. The molecule has 0 aliphatic heterocycles. The van der Waals surface area contributed by atoms with Gasteiger partial charge in [-0.05, 0) is 40.9 Å². The van der Waals surface area contributed by atoms with Gasteiger partial charge in [0, 0.05) is 31.4 Å². The van der Waals surface area contributed by atoms with E-state index in [1.807, 2.05) is 0 Å². The van der Waals surface area contributed by atoms with Crippen molar-refractivity contribution < 1.29 is 0 Å². The Kier molecular flexibility index (Phi) is 7.54. The summed E-state index contributed by atoms with van der Waals surface area (Å²) in [4.78, 5) is 12.3. The Morgan fingerprint density at radius 1 is 1.25 bits per heavy atom. The summed E-state index contributed by atoms with van der Waals surface area (Å²) in [5.41, 5.74) is 1.15. The Labute approximate surface area is 126 Å². The number of aliphatic imine (C=N–C) groups is 1. The quantitative estimate of drug-likeness (QED) is 0.454. The second-order valence-corrected chi connectivity index (χ2v) is 6.37. The second kappa shape index (κ2) is 8.92. The number of nitrogens with one attached hydrogen (secondary N) is 2. The van der Waals surface area contributed by atoms with Crippen LogP contribution >= 0.6 is 11.3 Å². The first-order valence-electron chi connectivity index (χ1n) is 7.05. The number of aromatic nitrogens is 1. The van der Waals surface area contributed by atoms with Crippen LogP contribution in [0.4, 0.5) is 0 Å². The summed E-state index contributed by atoms with van der Waals surface area (Å²) in [5.74, 6) is 0.869. The van der Waals surface area contributed by atoms with Gasteiger partial charge in [0.2, 0.25) is 0 Å². The molecule has 0 saturated heterocycles. The maximum absolute atomic E-state index is 4.54. The molecular weight excluding hydrogens is 270 g/mol. The lowest BCUT2D eigenvalue weighted by molar-refractivity contribution is 0.399. The van der Waals surface area contributed by atoms with Crippen molar-refractivity contribution in [3.05, 3.63) is 15.6 Å². The molecule has 1 aromatic rings. The molecule has 0 fully saturated rings. The van der Waals surface area contributed by atoms with Gasteiger partial charge in [0.1, 0.15) is 0 Å². The van der Waals surface area contributed by atoms with Gasteiger partial charge in [-0.1, -0.05) is 0 Å². The molecule has 0 bridgehead atoms. The maximum atomic E-state index is 4.54. The lowest BCUT2D eigenvalue weighted by Gasteiger charge is -2.13. The van der Waals surface area contributed by atoms with Crippen LogP contribution in [-0.4, -0.2) is 56.6 Å². The fourth-order valence-corrected chi connectivity index (χ4v) is 2.69. The first-order chi connectivity index (χ1) is 9.52. The van der Waals surface area contributed by atoms with Crippen LogP contribution in [0.2, 0.25) is 0 Å². The molecule has 0 aliphatic rings. The van der Waals surface area contributed by atoms with Gasteiger partial charge >= 0.3 is 0 Å². The van der Waals surface area contributed by atoms with E-state index < -0.39 is 0 Å². The number of hydrogen-bond donors (Lipinski definition) is 2. The molecule has 0 atom stereocenters. The molecule has 20 heavy (non-hydrogen) atoms. The van der Waals surface area contributed by atoms with E-state index in [4.69, 9.17) is 0 Å². The van der Waals surface area contributed by atoms with Crippen LogP contribution in [0.5, 0.6) is 0 Å². The molecular formula is C14H27N5S. The number of thiazole rings is 1. The zero-order chi connectivity index (χ0) is 15.0. The minimum atomic E-state index is 0.861. The van der Waals surface area contributed by atoms with Crippen molar-refractivity contribution in [2.75, 3.05) is 40.8 Å². The molecule has 5 nitrogen and oxygen atoms in total. The lowest BCUT2D eigenvalue weighted by Crippen LogP contribution is -2.39. The first kappa shape index (κ1) is 16.9. The van der Waals surface area contributed by atoms with Gasteiger partial charge < -0.3 is 15.5 Å². The van der Waals surface area contributed by atoms with E-state index in [2.05, 4.69) is 53.5 Å². The van der Waals surface area contributed by atoms with Gasteiger partial charge in [-0.2, -0.15) is 0 Å². The van der Waals surface area contributed by atoms with E-state index in [1.54, 1.807) is 18.4 Å². The van der Waals surface area contributed by atoms with E-state index in [0.717, 1.165) is 44.1 Å². The number of aryl methyl sites for hydroxylation is 2. The number of nitrogens with zero attached hydrogens (tertiary/aromatic N) is 3. The van der Waals surface area contributed by atoms with Crippen LogP contribution in [0.1, 0.15) is 22.0 Å². The largest absolute Gasteiger partial charge is 0.356 e. The average molecular weight is 297 g/mol. The maximum Gasteiger partial charge on any atom is 0.190 e. The number of hydrogen-bond acceptors (Lipinski definition) is 4. The van der Waals surface area contributed by atoms with Crippen LogP contribution in [0.25, 0.3) is 0 Å². The summed E-state index contributed by atoms with van der Waals surface area (Å²) in [6.45, 7) is 7.07. The van der Waals surface area contributed by atoms with E-state index in [1.165, 1.54) is 9.88 Å². The molecule has 0 radical (unpaired) electrons. The highest BCUT2D eigenvalue weighted by Gasteiger charge is 2.04. The zero-order valence-electron chi connectivity index (χ0n) is 13.3. The highest BCUT2D eigenvalue weighted by atomic mass is 32.1. The molecule has 6 heteroatoms. The zero-order valence-corrected chi connectivity index (χ0v) is 14.1. The summed E-state index contributed by atoms with van der Waals surface area (Å²) in [6, 6.07) is 0. The van der Waals surface area contributed by atoms with Crippen LogP contribution in [0, 0.1) is 13.8 Å². The molecule has 2 N–H and O–H groups in total. The Bertz CT molecular complexity index is 406. The van der Waals surface area contributed by atoms with Crippen molar-refractivity contribution in [2.24, 2.45) is 4.99 Å². The van der Waals surface area contributed by atoms with Crippen molar-refractivity contribution in [3.8, 4) is 0 Å². The highest BCUT2D eigenvalue weighted by molar-refractivity contribution is 7.11. The molecule has 0 spiro atoms. The third kappa shape index (κ3) is 6.34. The minimum Gasteiger partial charge on any atom is -0.356 e. The van der Waals surface area contributed by atoms with Crippen LogP contribution < -0.4 is 10.6 Å². The summed E-state index contributed by atoms with van der Waals surface area (Å²) < 4.78 is 0. The minimum absolute atomic E-state index is 0.861. The number of guanidine groups is 1. The normalized spacial score (nSPS) is 12.0. The Morgan fingerprint density at radius 2 is 1.95 bits per heavy atom. The van der Waals surface area contributed by atoms with E-state index in [0.29, 0.717) is 0 Å². The van der Waals surface area contributed by atoms with Crippen molar-refractivity contribution in [2.45, 2.75) is 26.7 Å². The van der Waals surface area contributed by atoms with E-state index >= 15 is 0 Å². The molecule has 1 rings (SSSR count). The van der Waals surface area contributed by atoms with Crippen LogP contribution in [0.3, 0.4) is 0 Å². The fraction of sp³-hybridized carbons (Fsp3) is 0.714. The third-order valence-corrected chi connectivity index (χ3v) is 4.13. The summed E-state index contributed by atoms with van der Waals surface area (Å²) in [6.07, 6.45) is 2.05. The predicted molar refractivity (Wildman–Crippen MR) is 87.8 cm³/mol. The monoisotopic (exact) mass is 297 g/mol. The molecule has 0 aliphatic carbocycles. The number of rotatable bonds is 7. The van der Waals surface area contributed by atoms with Gasteiger partial charge in [-0.15, -0.1) is 11.3 Å². The van der Waals surface area contributed by atoms with Gasteiger partial charge in [0.25, 0.3) is 0 Å². The van der Waals surface area contributed by atoms with Gasteiger partial charge in [0.15, 0.2) is 5.96 Å². The van der Waals surface area contributed by atoms with Crippen molar-refractivity contribution in [1.82, 2.24) is 20.5 Å². The van der Waals surface area contributed by atoms with Crippen LogP contribution in [0.15, 0.2) is 4.99 Å². The highest BCUT2D eigenvalue weighted by Crippen LogP contribution is 2.16. The second-order valence-electron chi connectivity index (χ2n) is 5.08. The lowest BCUT2D eigenvalue weighted by atomic mass is 10.4. The molecule has 0 amide bonds. The molecule has 0 unspecified atom stereocenters. The van der Waals surface area contributed by atoms with Crippen molar-refractivity contribution in [1.29, 1.82) is 0 Å². The first-order valence-corrected chi connectivity index (χ1v) is 7.86. The molecule has 1 heterocycles. The van der Waals surface area contributed by atoms with Crippen molar-refractivity contribution >= 4 is 17.3 Å². The molecule has 0 saturated carbocycles. The third-order valence-electron chi connectivity index (χ3n) is 3.00. The average Bonchev–Trinajstić information content (AvgIpc) is 2.71. The Morgan fingerprint density at radius 3 is 2.50 bits per heavy atom. The summed E-state index contributed by atoms with van der Waals surface area (Å²) in [5, 5.41) is 7.84. The topological polar surface area (TPSA) is 52.6 Å². The molecule has 1 aromatic heterocycles. The van der Waals surface area contributed by atoms with Gasteiger partial charge in [-0.25, -0.2) is 4.98 Å². The fourth-order valence-electron chi connectivity index (χ4n) is 1.76. The predicted octanol–water partition coefficient (Wildman–Crippen LogP) is 1.42. The summed E-state index contributed by atoms with van der Waals surface area (Å²) in [7, 11) is 5.98. The Balaban J connectivity index is 2.21. The SMILES string of the molecule is CN=C(NCCCN(C)C)NCCc1nc(C)c(C)s1. The van der Waals surface area contributed by atoms with Crippen LogP contribution in [-0.2, 0) is 6.42 Å². The van der Waals surface area contributed by atoms with E-state index in [9.17, 15) is 0 Å².